The van der Waals surface area contributed by atoms with Crippen LogP contribution in [0.1, 0.15) is 38.5 Å². The van der Waals surface area contributed by atoms with Gasteiger partial charge in [-0.15, -0.1) is 0 Å². The maximum absolute atomic E-state index is 11.8. The molecule has 1 N–H and O–H groups in total. The minimum atomic E-state index is -5.08. The Balaban J connectivity index is 0.000000318. The van der Waals surface area contributed by atoms with Gasteiger partial charge in [-0.2, -0.15) is 13.2 Å². The van der Waals surface area contributed by atoms with Crippen molar-refractivity contribution in [1.82, 2.24) is 9.80 Å². The van der Waals surface area contributed by atoms with E-state index in [4.69, 9.17) is 19.4 Å². The first-order valence-electron chi connectivity index (χ1n) is 10.7. The zero-order valence-electron chi connectivity index (χ0n) is 17.2. The van der Waals surface area contributed by atoms with Crippen molar-refractivity contribution in [2.45, 2.75) is 50.3 Å². The lowest BCUT2D eigenvalue weighted by Crippen LogP contribution is -2.65. The Morgan fingerprint density at radius 1 is 1.17 bits per heavy atom. The van der Waals surface area contributed by atoms with E-state index in [1.165, 1.54) is 25.8 Å². The summed E-state index contributed by atoms with van der Waals surface area (Å²) in [5.74, 6) is -0.953. The fraction of sp³-hybridized carbons (Fsp3) is 0.900. The molecule has 0 aliphatic carbocycles. The highest BCUT2D eigenvalue weighted by Crippen LogP contribution is 2.42. The molecule has 1 unspecified atom stereocenters. The molecule has 4 saturated heterocycles. The van der Waals surface area contributed by atoms with Gasteiger partial charge in [-0.3, -0.25) is 9.69 Å². The third kappa shape index (κ3) is 5.85. The number of carboxylic acids is 1. The highest BCUT2D eigenvalue weighted by Gasteiger charge is 2.52. The van der Waals surface area contributed by atoms with Crippen LogP contribution in [-0.2, 0) is 19.1 Å². The van der Waals surface area contributed by atoms with Crippen molar-refractivity contribution in [3.8, 4) is 0 Å². The number of rotatable bonds is 5. The van der Waals surface area contributed by atoms with Crippen molar-refractivity contribution in [3.63, 3.8) is 0 Å². The molecule has 4 fully saturated rings. The molecule has 0 aromatic carbocycles. The highest BCUT2D eigenvalue weighted by molar-refractivity contribution is 5.78. The molecule has 0 aromatic heterocycles. The number of likely N-dealkylation sites (tertiary alicyclic amines) is 2. The predicted octanol–water partition coefficient (Wildman–Crippen LogP) is 2.15. The maximum atomic E-state index is 11.8. The molecule has 30 heavy (non-hydrogen) atoms. The number of halogens is 3. The second-order valence-electron chi connectivity index (χ2n) is 8.70. The molecular formula is C20H31F3N2O5. The molecule has 1 atom stereocenters. The first kappa shape index (κ1) is 23.3. The van der Waals surface area contributed by atoms with Gasteiger partial charge in [-0.25, -0.2) is 4.79 Å². The predicted molar refractivity (Wildman–Crippen MR) is 101 cm³/mol. The lowest BCUT2D eigenvalue weighted by Gasteiger charge is -2.51. The molecule has 1 amide bonds. The third-order valence-electron chi connectivity index (χ3n) is 6.60. The van der Waals surface area contributed by atoms with E-state index in [1.54, 1.807) is 0 Å². The molecule has 0 saturated carbocycles. The van der Waals surface area contributed by atoms with Crippen LogP contribution < -0.4 is 0 Å². The number of carboxylic acid groups (broad SMARTS) is 1. The number of carbonyl (C=O) groups excluding carboxylic acids is 1. The Morgan fingerprint density at radius 3 is 2.40 bits per heavy atom. The normalized spacial score (nSPS) is 27.1. The molecule has 0 aromatic rings. The highest BCUT2D eigenvalue weighted by atomic mass is 19.4. The molecule has 10 heteroatoms. The van der Waals surface area contributed by atoms with Gasteiger partial charge in [0.25, 0.3) is 0 Å². The van der Waals surface area contributed by atoms with Gasteiger partial charge in [0.15, 0.2) is 0 Å². The topological polar surface area (TPSA) is 79.3 Å². The summed E-state index contributed by atoms with van der Waals surface area (Å²) in [6.07, 6.45) is 1.44. The minimum absolute atomic E-state index is 0.105. The number of ether oxygens (including phenoxy) is 2. The van der Waals surface area contributed by atoms with Crippen LogP contribution in [0.3, 0.4) is 0 Å². The van der Waals surface area contributed by atoms with Crippen LogP contribution in [0.2, 0.25) is 0 Å². The standard InChI is InChI=1S/C18H30N2O3.C2HF3O2/c21-17-2-1-7-20(17)8-3-16-6-11-23-18(16)13-19(14-18)12-15-4-9-22-10-5-15;3-2(4,5)1(6)7/h15-16H,1-14H2;(H,6,7). The van der Waals surface area contributed by atoms with E-state index in [2.05, 4.69) is 9.80 Å². The van der Waals surface area contributed by atoms with Crippen LogP contribution >= 0.6 is 0 Å². The van der Waals surface area contributed by atoms with E-state index >= 15 is 0 Å². The first-order valence-corrected chi connectivity index (χ1v) is 10.7. The number of carbonyl (C=O) groups is 2. The number of amides is 1. The van der Waals surface area contributed by atoms with Gasteiger partial charge in [0, 0.05) is 59.0 Å². The average Bonchev–Trinajstić information content (AvgIpc) is 3.26. The van der Waals surface area contributed by atoms with Crippen LogP contribution in [0.15, 0.2) is 0 Å². The Hall–Kier alpha value is -1.39. The molecule has 7 nitrogen and oxygen atoms in total. The van der Waals surface area contributed by atoms with Gasteiger partial charge in [0.2, 0.25) is 5.91 Å². The van der Waals surface area contributed by atoms with Gasteiger partial charge >= 0.3 is 12.1 Å². The number of aliphatic carboxylic acids is 1. The summed E-state index contributed by atoms with van der Waals surface area (Å²) in [5, 5.41) is 7.12. The van der Waals surface area contributed by atoms with E-state index in [0.29, 0.717) is 11.8 Å². The van der Waals surface area contributed by atoms with Crippen molar-refractivity contribution in [1.29, 1.82) is 0 Å². The van der Waals surface area contributed by atoms with E-state index in [1.807, 2.05) is 0 Å². The Labute approximate surface area is 174 Å². The van der Waals surface area contributed by atoms with Gasteiger partial charge < -0.3 is 19.5 Å². The number of hydrogen-bond donors (Lipinski definition) is 1. The van der Waals surface area contributed by atoms with E-state index in [9.17, 15) is 18.0 Å². The van der Waals surface area contributed by atoms with Crippen molar-refractivity contribution in [2.75, 3.05) is 52.5 Å². The lowest BCUT2D eigenvalue weighted by molar-refractivity contribution is -0.192. The summed E-state index contributed by atoms with van der Waals surface area (Å²) in [7, 11) is 0. The van der Waals surface area contributed by atoms with Crippen molar-refractivity contribution >= 4 is 11.9 Å². The molecular weight excluding hydrogens is 405 g/mol. The summed E-state index contributed by atoms with van der Waals surface area (Å²) in [5.41, 5.74) is 0.105. The average molecular weight is 436 g/mol. The van der Waals surface area contributed by atoms with Crippen molar-refractivity contribution in [3.05, 3.63) is 0 Å². The molecule has 1 spiro atoms. The van der Waals surface area contributed by atoms with Crippen molar-refractivity contribution in [2.24, 2.45) is 11.8 Å². The van der Waals surface area contributed by atoms with Gasteiger partial charge in [-0.05, 0) is 43.9 Å². The summed E-state index contributed by atoms with van der Waals surface area (Å²) < 4.78 is 43.4. The SMILES string of the molecule is O=C(O)C(F)(F)F.O=C1CCCN1CCC1CCOC12CN(CC1CCOCC1)C2. The fourth-order valence-electron chi connectivity index (χ4n) is 4.93. The smallest absolute Gasteiger partial charge is 0.475 e. The Bertz CT molecular complexity index is 604. The zero-order valence-corrected chi connectivity index (χ0v) is 17.2. The van der Waals surface area contributed by atoms with E-state index in [-0.39, 0.29) is 5.60 Å². The number of nitrogens with zero attached hydrogens (tertiary/aromatic N) is 2. The van der Waals surface area contributed by atoms with Crippen LogP contribution in [0.4, 0.5) is 13.2 Å². The summed E-state index contributed by atoms with van der Waals surface area (Å²) in [6, 6.07) is 0. The Kier molecular flexibility index (Phi) is 7.62. The monoisotopic (exact) mass is 436 g/mol. The van der Waals surface area contributed by atoms with Gasteiger partial charge in [-0.1, -0.05) is 0 Å². The van der Waals surface area contributed by atoms with Crippen LogP contribution in [0.25, 0.3) is 0 Å². The number of hydrogen-bond acceptors (Lipinski definition) is 5. The molecule has 4 aliphatic heterocycles. The largest absolute Gasteiger partial charge is 0.490 e. The Morgan fingerprint density at radius 2 is 1.83 bits per heavy atom. The van der Waals surface area contributed by atoms with Crippen LogP contribution in [0, 0.1) is 11.8 Å². The molecule has 4 aliphatic rings. The molecule has 4 rings (SSSR count). The van der Waals surface area contributed by atoms with Gasteiger partial charge in [0.1, 0.15) is 0 Å². The zero-order chi connectivity index (χ0) is 21.8. The first-order chi connectivity index (χ1) is 14.2. The van der Waals surface area contributed by atoms with E-state index in [0.717, 1.165) is 71.2 Å². The second-order valence-corrected chi connectivity index (χ2v) is 8.70. The quantitative estimate of drug-likeness (QED) is 0.712. The van der Waals surface area contributed by atoms with E-state index < -0.39 is 12.1 Å². The third-order valence-corrected chi connectivity index (χ3v) is 6.60. The molecule has 0 radical (unpaired) electrons. The summed E-state index contributed by atoms with van der Waals surface area (Å²) in [4.78, 5) is 25.3. The van der Waals surface area contributed by atoms with Crippen LogP contribution in [-0.4, -0.2) is 91.1 Å². The second kappa shape index (κ2) is 9.82. The summed E-state index contributed by atoms with van der Waals surface area (Å²) in [6.45, 7) is 8.10. The fourth-order valence-corrected chi connectivity index (χ4v) is 4.93. The van der Waals surface area contributed by atoms with Crippen molar-refractivity contribution < 1.29 is 37.3 Å². The summed E-state index contributed by atoms with van der Waals surface area (Å²) >= 11 is 0. The molecule has 0 bridgehead atoms. The molecule has 4 heterocycles. The molecule has 172 valence electrons. The maximum Gasteiger partial charge on any atom is 0.490 e. The number of alkyl halides is 3. The van der Waals surface area contributed by atoms with Crippen LogP contribution in [0.5, 0.6) is 0 Å². The minimum Gasteiger partial charge on any atom is -0.475 e. The van der Waals surface area contributed by atoms with Gasteiger partial charge in [0.05, 0.1) is 5.60 Å². The lowest BCUT2D eigenvalue weighted by atomic mass is 9.78.